The second-order valence-corrected chi connectivity index (χ2v) is 32.2. The Balaban J connectivity index is 0.000000125. The molecule has 0 aromatic heterocycles. The van der Waals surface area contributed by atoms with E-state index in [-0.39, 0.29) is 169 Å². The average Bonchev–Trinajstić information content (AvgIpc) is 1.31. The molecular weight excluding hydrogens is 1910 g/mol. The second kappa shape index (κ2) is 34.4. The van der Waals surface area contributed by atoms with Crippen LogP contribution in [0, 0.1) is 63.6 Å². The molecule has 13 aromatic carbocycles. The maximum Gasteiger partial charge on any atom is 0.342 e. The van der Waals surface area contributed by atoms with E-state index in [2.05, 4.69) is 20.7 Å². The molecule has 46 heteroatoms. The number of carboxylic acids is 2. The van der Waals surface area contributed by atoms with Crippen molar-refractivity contribution in [1.29, 1.82) is 0 Å². The number of aromatic carboxylic acids is 2. The van der Waals surface area contributed by atoms with Gasteiger partial charge < -0.3 is 133 Å². The number of phenols is 6. The maximum absolute atomic E-state index is 15.1. The molecule has 0 fully saturated rings. The van der Waals surface area contributed by atoms with Crippen LogP contribution in [-0.4, -0.2) is 121 Å². The molecule has 1 atom stereocenters. The molecule has 21 N–H and O–H groups in total. The van der Waals surface area contributed by atoms with Gasteiger partial charge in [-0.3, -0.25) is 19.7 Å². The number of hydrogen-bond donors (Lipinski definition) is 16. The zero-order chi connectivity index (χ0) is 103. The molecule has 8 aliphatic heterocycles. The maximum atomic E-state index is 15.1. The summed E-state index contributed by atoms with van der Waals surface area (Å²) >= 11 is 0. The van der Waals surface area contributed by atoms with Crippen LogP contribution in [0.4, 0.5) is 86.3 Å². The van der Waals surface area contributed by atoms with E-state index in [1.54, 1.807) is 45.3 Å². The summed E-state index contributed by atoms with van der Waals surface area (Å²) in [5.74, 6) is -21.8. The monoisotopic (exact) mass is 1970 g/mol. The number of nitrogens with zero attached hydrogens (tertiary/aromatic N) is 1. The molecule has 728 valence electrons. The van der Waals surface area contributed by atoms with Crippen molar-refractivity contribution in [3.8, 4) is 86.2 Å². The zero-order valence-corrected chi connectivity index (χ0v) is 73.5. The van der Waals surface area contributed by atoms with Crippen LogP contribution in [0.2, 0.25) is 0 Å². The van der Waals surface area contributed by atoms with E-state index in [0.29, 0.717) is 16.9 Å². The van der Waals surface area contributed by atoms with E-state index in [4.69, 9.17) is 81.5 Å². The number of phenolic OH excluding ortho intramolecular Hbond substituents is 6. The number of ether oxygens (including phenoxy) is 10. The van der Waals surface area contributed by atoms with Gasteiger partial charge in [-0.05, 0) is 97.4 Å². The topological polar surface area (TPSA) is 617 Å². The van der Waals surface area contributed by atoms with Crippen LogP contribution in [0.5, 0.6) is 86.2 Å². The fourth-order valence-electron chi connectivity index (χ4n) is 17.9. The summed E-state index contributed by atoms with van der Waals surface area (Å²) in [6, 6.07) is 29.7. The van der Waals surface area contributed by atoms with E-state index in [9.17, 15) is 110 Å². The Bertz CT molecular complexity index is 7810. The summed E-state index contributed by atoms with van der Waals surface area (Å²) in [5.41, 5.74) is 22.2. The molecule has 21 rings (SSSR count). The Morgan fingerprint density at radius 3 is 1.01 bits per heavy atom. The van der Waals surface area contributed by atoms with Gasteiger partial charge in [0.15, 0.2) is 103 Å². The Morgan fingerprint density at radius 2 is 0.692 bits per heavy atom. The number of aryl methyl sites for hydroxylation is 1. The number of nitrogen functional groups attached to an aromatic ring is 5. The fourth-order valence-corrected chi connectivity index (χ4v) is 17.9. The largest absolute Gasteiger partial charge is 0.505 e. The first-order chi connectivity index (χ1) is 67.6. The van der Waals surface area contributed by atoms with Crippen molar-refractivity contribution in [2.45, 2.75) is 43.2 Å². The number of carboxylic acid groups (broad SMARTS) is 2. The fraction of sp³-hybridized carbons (Fsp3) is 0.103. The molecule has 143 heavy (non-hydrogen) atoms. The van der Waals surface area contributed by atoms with Crippen molar-refractivity contribution >= 4 is 105 Å². The lowest BCUT2D eigenvalue weighted by molar-refractivity contribution is -0.383. The van der Waals surface area contributed by atoms with Gasteiger partial charge >= 0.3 is 47.8 Å². The van der Waals surface area contributed by atoms with Crippen LogP contribution >= 0.6 is 0 Å². The van der Waals surface area contributed by atoms with Crippen molar-refractivity contribution in [2.75, 3.05) is 65.8 Å². The van der Waals surface area contributed by atoms with Crippen LogP contribution in [0.15, 0.2) is 158 Å². The first-order valence-electron chi connectivity index (χ1n) is 41.2. The van der Waals surface area contributed by atoms with E-state index >= 15 is 8.78 Å². The Kier molecular flexibility index (Phi) is 22.9. The number of halogens is 8. The van der Waals surface area contributed by atoms with Gasteiger partial charge in [0.1, 0.15) is 57.5 Å². The number of hydrogen-bond acceptors (Lipinski definition) is 34. The summed E-state index contributed by atoms with van der Waals surface area (Å²) < 4.78 is 171. The average molecular weight is 1970 g/mol. The summed E-state index contributed by atoms with van der Waals surface area (Å²) in [5, 5.41) is 95.9. The minimum atomic E-state index is -2.00. The third-order valence-electron chi connectivity index (χ3n) is 24.2. The van der Waals surface area contributed by atoms with Crippen LogP contribution in [0.1, 0.15) is 159 Å². The number of carbonyl (C=O) groups is 9. The molecule has 0 radical (unpaired) electrons. The highest BCUT2D eigenvalue weighted by molar-refractivity contribution is 6.11. The van der Waals surface area contributed by atoms with Gasteiger partial charge in [0, 0.05) is 98.7 Å². The molecule has 0 saturated heterocycles. The lowest BCUT2D eigenvalue weighted by Crippen LogP contribution is -2.33. The molecule has 8 heterocycles. The van der Waals surface area contributed by atoms with Crippen molar-refractivity contribution in [3.05, 3.63) is 326 Å². The standard InChI is InChI=1S/C25H18F2N2O7.C21H14F2N2O5.C20H10F2N2O7.C20H12F2N2O5.C11H11NO5/c1-10(30)34-20-9-19-14(8-16(20)27)25(12-4-5-17(29-2)22(28)21(12)24(32)36-25)13-7-15(26)11(23(31)33-3)6-18(13)35-19;1-25-13-3-2-8-18(19(13)24)20(28)30-21(8)9-4-11(22)14(26)6-16(9)29-17-7-15(27)12(23)5-10(17)21;21-10-3-8-15(5-13(10)25)30-16-6-14(26)11(22)4-9(16)20(8)7-1-2-12(24(28)29)18(23)17(7)19(27)31-20;21-10-3-8-15(5-13(10)25)28-16-6-14(26)11(22)4-9(16)20(8)7-1-2-12(23)18(24)17(7)19(27)29-20;1-5-3-4-7(10(14)15)8(11(16)17)9(5)12-6(2)13/h4-9,29H,28H2,1-3H3;2-7,25-27H,24H2,1H3;1-6,25-26H,23H2;1-6,25-26H,23-24H2;3-4H,1-2H3,(H,12,13)(H,14,15)(H,16,17). The number of amides is 1. The Morgan fingerprint density at radius 1 is 0.385 bits per heavy atom. The SMILES string of the molecule is CC(=O)Nc1c(C)ccc(C(=O)O)c1C(=O)O.CNc1ccc2c(c1N)C(=O)OC21c2cc(F)c(O)cc2Oc2cc(O)c(F)cc21.CNc1ccc2c(c1N)C(=O)OC21c2cc(F)c(OC(C)=O)cc2Oc2cc(C(=O)OC)c(F)cc21.Nc1c([N+](=O)[O-])ccc2c1C(=O)OC21c2cc(F)c(O)cc2Oc2cc(O)c(F)cc21.Nc1ccc2c(c1N)C(=O)OC21c2cc(F)c(O)cc2Oc2cc(O)c(F)cc21. The molecule has 38 nitrogen and oxygen atoms in total. The van der Waals surface area contributed by atoms with Gasteiger partial charge in [-0.15, -0.1) is 0 Å². The lowest BCUT2D eigenvalue weighted by Gasteiger charge is -2.37. The number of aromatic hydroxyl groups is 6. The number of carbonyl (C=O) groups excluding carboxylic acids is 7. The molecule has 1 amide bonds. The van der Waals surface area contributed by atoms with Crippen LogP contribution < -0.4 is 68.3 Å². The molecule has 0 bridgehead atoms. The van der Waals surface area contributed by atoms with Gasteiger partial charge in [-0.2, -0.15) is 0 Å². The Hall–Kier alpha value is -19.5. The smallest absolute Gasteiger partial charge is 0.342 e. The lowest BCUT2D eigenvalue weighted by atomic mass is 9.77. The van der Waals surface area contributed by atoms with E-state index < -0.39 is 190 Å². The first kappa shape index (κ1) is 95.3. The van der Waals surface area contributed by atoms with E-state index in [0.717, 1.165) is 117 Å². The van der Waals surface area contributed by atoms with Crippen molar-refractivity contribution in [1.82, 2.24) is 0 Å². The Labute approximate surface area is 793 Å². The predicted molar refractivity (Wildman–Crippen MR) is 478 cm³/mol. The van der Waals surface area contributed by atoms with Crippen molar-refractivity contribution in [2.24, 2.45) is 0 Å². The summed E-state index contributed by atoms with van der Waals surface area (Å²) in [4.78, 5) is 119. The van der Waals surface area contributed by atoms with Crippen LogP contribution in [0.25, 0.3) is 0 Å². The number of nitrogens with two attached hydrogens (primary N) is 5. The highest BCUT2D eigenvalue weighted by Gasteiger charge is 2.61. The molecule has 13 aromatic rings. The van der Waals surface area contributed by atoms with Crippen molar-refractivity contribution < 1.29 is 171 Å². The number of benzene rings is 13. The number of nitro benzene ring substituents is 1. The van der Waals surface area contributed by atoms with Gasteiger partial charge in [0.25, 0.3) is 5.69 Å². The minimum absolute atomic E-state index is 0.00238. The molecule has 0 aliphatic carbocycles. The third-order valence-corrected chi connectivity index (χ3v) is 24.2. The van der Waals surface area contributed by atoms with E-state index in [1.807, 2.05) is 0 Å². The summed E-state index contributed by atoms with van der Waals surface area (Å²) in [6.45, 7) is 3.90. The summed E-state index contributed by atoms with van der Waals surface area (Å²) in [6.07, 6.45) is 0. The quantitative estimate of drug-likeness (QED) is 0.0128. The normalized spacial score (nSPS) is 14.9. The number of nitro groups is 1. The number of anilines is 8. The number of rotatable bonds is 8. The summed E-state index contributed by atoms with van der Waals surface area (Å²) in [7, 11) is 4.33. The van der Waals surface area contributed by atoms with Crippen molar-refractivity contribution in [3.63, 3.8) is 0 Å². The molecule has 1 unspecified atom stereocenters. The minimum Gasteiger partial charge on any atom is -0.505 e. The highest BCUT2D eigenvalue weighted by atomic mass is 19.2. The molecule has 0 saturated carbocycles. The zero-order valence-electron chi connectivity index (χ0n) is 73.5. The second-order valence-electron chi connectivity index (χ2n) is 32.2. The van der Waals surface area contributed by atoms with Gasteiger partial charge in [-0.25, -0.2) is 68.7 Å². The van der Waals surface area contributed by atoms with Crippen LogP contribution in [0.3, 0.4) is 0 Å². The molecular formula is C97H65F8N9O29. The van der Waals surface area contributed by atoms with E-state index in [1.165, 1.54) is 37.3 Å². The number of nitrogens with one attached hydrogen (secondary N) is 3. The van der Waals surface area contributed by atoms with Gasteiger partial charge in [-0.1, -0.05) is 24.3 Å². The molecule has 8 aliphatic rings. The molecule has 4 spiro atoms. The predicted octanol–water partition coefficient (Wildman–Crippen LogP) is 15.3. The number of esters is 6. The number of methoxy groups -OCH3 is 1. The highest BCUT2D eigenvalue weighted by Crippen LogP contribution is 2.65. The third kappa shape index (κ3) is 14.7. The van der Waals surface area contributed by atoms with Gasteiger partial charge in [0.2, 0.25) is 5.91 Å². The van der Waals surface area contributed by atoms with Crippen LogP contribution in [-0.2, 0) is 55.7 Å². The van der Waals surface area contributed by atoms with Gasteiger partial charge in [0.05, 0.1) is 135 Å². The number of fused-ring (bicyclic) bond motifs is 24. The first-order valence-corrected chi connectivity index (χ1v) is 41.2.